The van der Waals surface area contributed by atoms with E-state index in [2.05, 4.69) is 25.2 Å². The third kappa shape index (κ3) is 3.16. The van der Waals surface area contributed by atoms with Crippen molar-refractivity contribution in [1.82, 2.24) is 0 Å². The molecule has 0 saturated carbocycles. The van der Waals surface area contributed by atoms with Crippen molar-refractivity contribution in [3.63, 3.8) is 0 Å². The molecule has 1 N–H and O–H groups in total. The number of benzene rings is 2. The Labute approximate surface area is 118 Å². The first-order valence-corrected chi connectivity index (χ1v) is 6.63. The Morgan fingerprint density at radius 3 is 2.65 bits per heavy atom. The lowest BCUT2D eigenvalue weighted by atomic mass is 10.0. The van der Waals surface area contributed by atoms with Crippen LogP contribution in [0.4, 0.5) is 10.1 Å². The molecular weight excluding hydrogens is 251 g/mol. The van der Waals surface area contributed by atoms with Crippen molar-refractivity contribution in [2.45, 2.75) is 26.3 Å². The van der Waals surface area contributed by atoms with E-state index in [1.54, 1.807) is 6.07 Å². The SMILES string of the molecule is CC(C)c1ccccc1NCc1cc(C#N)ccc1F. The first-order chi connectivity index (χ1) is 9.61. The number of halogens is 1. The summed E-state index contributed by atoms with van der Waals surface area (Å²) in [6.45, 7) is 4.61. The van der Waals surface area contributed by atoms with Gasteiger partial charge in [-0.15, -0.1) is 0 Å². The number of hydrogen-bond donors (Lipinski definition) is 1. The van der Waals surface area contributed by atoms with Crippen LogP contribution in [0.1, 0.15) is 36.5 Å². The average Bonchev–Trinajstić information content (AvgIpc) is 2.46. The minimum absolute atomic E-state index is 0.293. The average molecular weight is 268 g/mol. The molecule has 2 aromatic rings. The van der Waals surface area contributed by atoms with Gasteiger partial charge in [0.1, 0.15) is 5.82 Å². The van der Waals surface area contributed by atoms with Crippen LogP contribution in [0, 0.1) is 17.1 Å². The molecule has 3 heteroatoms. The molecule has 2 aromatic carbocycles. The summed E-state index contributed by atoms with van der Waals surface area (Å²) in [6, 6.07) is 14.4. The molecule has 0 radical (unpaired) electrons. The van der Waals surface area contributed by atoms with E-state index in [0.29, 0.717) is 23.6 Å². The van der Waals surface area contributed by atoms with E-state index in [0.717, 1.165) is 5.69 Å². The fourth-order valence-electron chi connectivity index (χ4n) is 2.13. The van der Waals surface area contributed by atoms with Gasteiger partial charge in [-0.3, -0.25) is 0 Å². The minimum Gasteiger partial charge on any atom is -0.381 e. The topological polar surface area (TPSA) is 35.8 Å². The summed E-state index contributed by atoms with van der Waals surface area (Å²) >= 11 is 0. The lowest BCUT2D eigenvalue weighted by Gasteiger charge is -2.15. The molecule has 102 valence electrons. The van der Waals surface area contributed by atoms with Crippen LogP contribution < -0.4 is 5.32 Å². The van der Waals surface area contributed by atoms with Crippen LogP contribution >= 0.6 is 0 Å². The van der Waals surface area contributed by atoms with E-state index in [-0.39, 0.29) is 5.82 Å². The van der Waals surface area contributed by atoms with E-state index in [4.69, 9.17) is 5.26 Å². The molecule has 0 unspecified atom stereocenters. The molecule has 2 nitrogen and oxygen atoms in total. The van der Waals surface area contributed by atoms with Gasteiger partial charge in [-0.05, 0) is 35.7 Å². The Hall–Kier alpha value is -2.34. The molecule has 0 atom stereocenters. The van der Waals surface area contributed by atoms with Crippen molar-refractivity contribution in [2.75, 3.05) is 5.32 Å². The third-order valence-corrected chi connectivity index (χ3v) is 3.23. The molecule has 0 spiro atoms. The lowest BCUT2D eigenvalue weighted by molar-refractivity contribution is 0.612. The molecule has 0 aromatic heterocycles. The van der Waals surface area contributed by atoms with Gasteiger partial charge in [-0.1, -0.05) is 32.0 Å². The number of nitrogens with zero attached hydrogens (tertiary/aromatic N) is 1. The Morgan fingerprint density at radius 2 is 1.95 bits per heavy atom. The molecule has 0 aliphatic carbocycles. The van der Waals surface area contributed by atoms with Crippen molar-refractivity contribution in [3.05, 3.63) is 65.0 Å². The Balaban J connectivity index is 2.19. The van der Waals surface area contributed by atoms with Gasteiger partial charge in [0.05, 0.1) is 11.6 Å². The molecule has 20 heavy (non-hydrogen) atoms. The molecule has 0 aliphatic rings. The van der Waals surface area contributed by atoms with Gasteiger partial charge in [-0.25, -0.2) is 4.39 Å². The summed E-state index contributed by atoms with van der Waals surface area (Å²) in [5.41, 5.74) is 3.18. The van der Waals surface area contributed by atoms with Crippen molar-refractivity contribution in [2.24, 2.45) is 0 Å². The maximum atomic E-state index is 13.7. The summed E-state index contributed by atoms with van der Waals surface area (Å²) in [6.07, 6.45) is 0. The highest BCUT2D eigenvalue weighted by Gasteiger charge is 2.07. The second-order valence-electron chi connectivity index (χ2n) is 5.01. The van der Waals surface area contributed by atoms with Gasteiger partial charge >= 0.3 is 0 Å². The zero-order valence-corrected chi connectivity index (χ0v) is 11.7. The molecular formula is C17H17FN2. The van der Waals surface area contributed by atoms with Gasteiger partial charge in [0.2, 0.25) is 0 Å². The molecule has 0 fully saturated rings. The van der Waals surface area contributed by atoms with E-state index in [1.165, 1.54) is 17.7 Å². The Bertz CT molecular complexity index is 642. The zero-order valence-electron chi connectivity index (χ0n) is 11.7. The molecule has 0 bridgehead atoms. The molecule has 0 saturated heterocycles. The molecule has 0 heterocycles. The van der Waals surface area contributed by atoms with Crippen molar-refractivity contribution >= 4 is 5.69 Å². The van der Waals surface area contributed by atoms with E-state index in [1.807, 2.05) is 24.3 Å². The second-order valence-corrected chi connectivity index (χ2v) is 5.01. The van der Waals surface area contributed by atoms with Crippen LogP contribution in [0.15, 0.2) is 42.5 Å². The van der Waals surface area contributed by atoms with Crippen molar-refractivity contribution in [3.8, 4) is 6.07 Å². The number of anilines is 1. The first-order valence-electron chi connectivity index (χ1n) is 6.63. The standard InChI is InChI=1S/C17H17FN2/c1-12(2)15-5-3-4-6-17(15)20-11-14-9-13(10-19)7-8-16(14)18/h3-9,12,20H,11H2,1-2H3. The number of para-hydroxylation sites is 1. The predicted molar refractivity (Wildman–Crippen MR) is 79.0 cm³/mol. The van der Waals surface area contributed by atoms with Crippen LogP contribution in [0.2, 0.25) is 0 Å². The zero-order chi connectivity index (χ0) is 14.5. The van der Waals surface area contributed by atoms with Gasteiger partial charge in [0, 0.05) is 17.8 Å². The molecule has 2 rings (SSSR count). The predicted octanol–water partition coefficient (Wildman–Crippen LogP) is 4.43. The number of nitriles is 1. The fourth-order valence-corrected chi connectivity index (χ4v) is 2.13. The van der Waals surface area contributed by atoms with E-state index in [9.17, 15) is 4.39 Å². The van der Waals surface area contributed by atoms with Gasteiger partial charge in [0.15, 0.2) is 0 Å². The summed E-state index contributed by atoms with van der Waals surface area (Å²) in [4.78, 5) is 0. The smallest absolute Gasteiger partial charge is 0.128 e. The number of nitrogens with one attached hydrogen (secondary N) is 1. The van der Waals surface area contributed by atoms with Gasteiger partial charge < -0.3 is 5.32 Å². The number of rotatable bonds is 4. The maximum Gasteiger partial charge on any atom is 0.128 e. The normalized spacial score (nSPS) is 10.3. The third-order valence-electron chi connectivity index (χ3n) is 3.23. The minimum atomic E-state index is -0.293. The maximum absolute atomic E-state index is 13.7. The Morgan fingerprint density at radius 1 is 1.20 bits per heavy atom. The number of hydrogen-bond acceptors (Lipinski definition) is 2. The van der Waals surface area contributed by atoms with Crippen LogP contribution in [0.5, 0.6) is 0 Å². The quantitative estimate of drug-likeness (QED) is 0.890. The monoisotopic (exact) mass is 268 g/mol. The second kappa shape index (κ2) is 6.21. The fraction of sp³-hybridized carbons (Fsp3) is 0.235. The highest BCUT2D eigenvalue weighted by atomic mass is 19.1. The van der Waals surface area contributed by atoms with E-state index >= 15 is 0 Å². The summed E-state index contributed by atoms with van der Waals surface area (Å²) < 4.78 is 13.7. The van der Waals surface area contributed by atoms with Crippen LogP contribution in [0.25, 0.3) is 0 Å². The largest absolute Gasteiger partial charge is 0.381 e. The van der Waals surface area contributed by atoms with Crippen LogP contribution in [0.3, 0.4) is 0 Å². The van der Waals surface area contributed by atoms with E-state index < -0.39 is 0 Å². The Kier molecular flexibility index (Phi) is 4.37. The molecule has 0 amide bonds. The lowest BCUT2D eigenvalue weighted by Crippen LogP contribution is -2.05. The van der Waals surface area contributed by atoms with Gasteiger partial charge in [-0.2, -0.15) is 5.26 Å². The molecule has 0 aliphatic heterocycles. The van der Waals surface area contributed by atoms with Crippen molar-refractivity contribution < 1.29 is 4.39 Å². The summed E-state index contributed by atoms with van der Waals surface area (Å²) in [5.74, 6) is 0.104. The highest BCUT2D eigenvalue weighted by molar-refractivity contribution is 5.53. The van der Waals surface area contributed by atoms with Gasteiger partial charge in [0.25, 0.3) is 0 Å². The summed E-state index contributed by atoms with van der Waals surface area (Å²) in [7, 11) is 0. The highest BCUT2D eigenvalue weighted by Crippen LogP contribution is 2.24. The summed E-state index contributed by atoms with van der Waals surface area (Å²) in [5, 5.41) is 12.1. The first kappa shape index (κ1) is 14.1. The van der Waals surface area contributed by atoms with Crippen LogP contribution in [-0.4, -0.2) is 0 Å². The van der Waals surface area contributed by atoms with Crippen molar-refractivity contribution in [1.29, 1.82) is 5.26 Å². The van der Waals surface area contributed by atoms with Crippen LogP contribution in [-0.2, 0) is 6.54 Å².